The van der Waals surface area contributed by atoms with Crippen LogP contribution < -0.4 is 10.6 Å². The van der Waals surface area contributed by atoms with E-state index >= 15 is 0 Å². The van der Waals surface area contributed by atoms with Crippen molar-refractivity contribution in [3.05, 3.63) is 24.2 Å². The SMILES string of the molecule is CCC(C)NC(=O)C(C)NCc1ccoc1. The van der Waals surface area contributed by atoms with Crippen molar-refractivity contribution in [3.63, 3.8) is 0 Å². The molecular formula is C12H20N2O2. The highest BCUT2D eigenvalue weighted by atomic mass is 16.3. The molecule has 0 spiro atoms. The first kappa shape index (κ1) is 12.8. The molecule has 0 bridgehead atoms. The lowest BCUT2D eigenvalue weighted by atomic mass is 10.2. The van der Waals surface area contributed by atoms with Crippen molar-refractivity contribution in [2.24, 2.45) is 0 Å². The first-order valence-corrected chi connectivity index (χ1v) is 5.68. The van der Waals surface area contributed by atoms with Crippen LogP contribution in [0.2, 0.25) is 0 Å². The van der Waals surface area contributed by atoms with Gasteiger partial charge in [-0.15, -0.1) is 0 Å². The van der Waals surface area contributed by atoms with Gasteiger partial charge in [0.25, 0.3) is 0 Å². The number of amides is 1. The molecule has 2 unspecified atom stereocenters. The smallest absolute Gasteiger partial charge is 0.237 e. The molecule has 1 amide bonds. The summed E-state index contributed by atoms with van der Waals surface area (Å²) in [5.74, 6) is 0.0397. The lowest BCUT2D eigenvalue weighted by Crippen LogP contribution is -2.44. The van der Waals surface area contributed by atoms with Crippen LogP contribution >= 0.6 is 0 Å². The number of carbonyl (C=O) groups is 1. The fraction of sp³-hybridized carbons (Fsp3) is 0.583. The average Bonchev–Trinajstić information content (AvgIpc) is 2.78. The van der Waals surface area contributed by atoms with Gasteiger partial charge in [0, 0.05) is 18.2 Å². The summed E-state index contributed by atoms with van der Waals surface area (Å²) in [6.07, 6.45) is 4.24. The monoisotopic (exact) mass is 224 g/mol. The van der Waals surface area contributed by atoms with E-state index in [1.165, 1.54) is 0 Å². The first-order valence-electron chi connectivity index (χ1n) is 5.68. The molecule has 0 saturated heterocycles. The zero-order valence-corrected chi connectivity index (χ0v) is 10.1. The third-order valence-corrected chi connectivity index (χ3v) is 2.59. The molecule has 2 atom stereocenters. The second-order valence-electron chi connectivity index (χ2n) is 4.05. The van der Waals surface area contributed by atoms with Crippen molar-refractivity contribution in [1.29, 1.82) is 0 Å². The molecular weight excluding hydrogens is 204 g/mol. The molecule has 0 radical (unpaired) electrons. The molecule has 0 saturated carbocycles. The van der Waals surface area contributed by atoms with E-state index in [0.29, 0.717) is 6.54 Å². The van der Waals surface area contributed by atoms with Gasteiger partial charge in [-0.1, -0.05) is 6.92 Å². The van der Waals surface area contributed by atoms with Crippen molar-refractivity contribution in [2.45, 2.75) is 45.8 Å². The molecule has 4 heteroatoms. The van der Waals surface area contributed by atoms with Gasteiger partial charge in [-0.05, 0) is 26.3 Å². The molecule has 0 fully saturated rings. The van der Waals surface area contributed by atoms with Crippen LogP contribution in [0.15, 0.2) is 23.0 Å². The summed E-state index contributed by atoms with van der Waals surface area (Å²) in [7, 11) is 0. The van der Waals surface area contributed by atoms with E-state index in [9.17, 15) is 4.79 Å². The number of carbonyl (C=O) groups excluding carboxylic acids is 1. The molecule has 1 heterocycles. The Kier molecular flexibility index (Phi) is 5.05. The normalized spacial score (nSPS) is 14.4. The number of nitrogens with one attached hydrogen (secondary N) is 2. The van der Waals surface area contributed by atoms with Crippen LogP contribution in [0.3, 0.4) is 0 Å². The third kappa shape index (κ3) is 4.06. The van der Waals surface area contributed by atoms with E-state index < -0.39 is 0 Å². The summed E-state index contributed by atoms with van der Waals surface area (Å²) in [6, 6.07) is 1.92. The van der Waals surface area contributed by atoms with Gasteiger partial charge < -0.3 is 15.1 Å². The topological polar surface area (TPSA) is 54.3 Å². The number of hydrogen-bond donors (Lipinski definition) is 2. The minimum atomic E-state index is -0.191. The van der Waals surface area contributed by atoms with Crippen molar-refractivity contribution in [3.8, 4) is 0 Å². The molecule has 2 N–H and O–H groups in total. The first-order chi connectivity index (χ1) is 7.63. The van der Waals surface area contributed by atoms with Gasteiger partial charge in [0.1, 0.15) is 0 Å². The zero-order chi connectivity index (χ0) is 12.0. The van der Waals surface area contributed by atoms with E-state index in [4.69, 9.17) is 4.42 Å². The second kappa shape index (κ2) is 6.33. The summed E-state index contributed by atoms with van der Waals surface area (Å²) < 4.78 is 4.95. The summed E-state index contributed by atoms with van der Waals surface area (Å²) in [6.45, 7) is 6.55. The van der Waals surface area contributed by atoms with E-state index in [0.717, 1.165) is 12.0 Å². The molecule has 4 nitrogen and oxygen atoms in total. The average molecular weight is 224 g/mol. The number of furan rings is 1. The molecule has 1 aromatic heterocycles. The lowest BCUT2D eigenvalue weighted by molar-refractivity contribution is -0.123. The van der Waals surface area contributed by atoms with Gasteiger partial charge in [0.2, 0.25) is 5.91 Å². The predicted octanol–water partition coefficient (Wildman–Crippen LogP) is 1.67. The quantitative estimate of drug-likeness (QED) is 0.773. The van der Waals surface area contributed by atoms with Crippen LogP contribution in [-0.4, -0.2) is 18.0 Å². The van der Waals surface area contributed by atoms with Crippen molar-refractivity contribution in [2.75, 3.05) is 0 Å². The Bertz CT molecular complexity index is 309. The highest BCUT2D eigenvalue weighted by Gasteiger charge is 2.13. The molecule has 90 valence electrons. The molecule has 0 aromatic carbocycles. The van der Waals surface area contributed by atoms with Gasteiger partial charge in [-0.2, -0.15) is 0 Å². The Hall–Kier alpha value is -1.29. The molecule has 0 aliphatic heterocycles. The molecule has 0 aliphatic carbocycles. The van der Waals surface area contributed by atoms with Crippen LogP contribution in [0.25, 0.3) is 0 Å². The highest BCUT2D eigenvalue weighted by Crippen LogP contribution is 1.99. The summed E-state index contributed by atoms with van der Waals surface area (Å²) in [5, 5.41) is 6.08. The molecule has 1 aromatic rings. The fourth-order valence-corrected chi connectivity index (χ4v) is 1.23. The maximum atomic E-state index is 11.7. The van der Waals surface area contributed by atoms with Crippen molar-refractivity contribution >= 4 is 5.91 Å². The van der Waals surface area contributed by atoms with Gasteiger partial charge >= 0.3 is 0 Å². The molecule has 16 heavy (non-hydrogen) atoms. The van der Waals surface area contributed by atoms with Crippen LogP contribution in [0, 0.1) is 0 Å². The number of hydrogen-bond acceptors (Lipinski definition) is 3. The number of rotatable bonds is 6. The zero-order valence-electron chi connectivity index (χ0n) is 10.1. The van der Waals surface area contributed by atoms with E-state index in [2.05, 4.69) is 17.6 Å². The van der Waals surface area contributed by atoms with Gasteiger partial charge in [-0.3, -0.25) is 4.79 Å². The summed E-state index contributed by atoms with van der Waals surface area (Å²) in [5.41, 5.74) is 1.04. The molecule has 1 rings (SSSR count). The third-order valence-electron chi connectivity index (χ3n) is 2.59. The van der Waals surface area contributed by atoms with Gasteiger partial charge in [0.15, 0.2) is 0 Å². The second-order valence-corrected chi connectivity index (χ2v) is 4.05. The minimum absolute atomic E-state index is 0.0397. The van der Waals surface area contributed by atoms with E-state index in [1.807, 2.05) is 19.9 Å². The maximum Gasteiger partial charge on any atom is 0.237 e. The van der Waals surface area contributed by atoms with Crippen LogP contribution in [0.4, 0.5) is 0 Å². The Balaban J connectivity index is 2.29. The Labute approximate surface area is 96.4 Å². The standard InChI is InChI=1S/C12H20N2O2/c1-4-9(2)14-12(15)10(3)13-7-11-5-6-16-8-11/h5-6,8-10,13H,4,7H2,1-3H3,(H,14,15). The van der Waals surface area contributed by atoms with Crippen LogP contribution in [-0.2, 0) is 11.3 Å². The minimum Gasteiger partial charge on any atom is -0.472 e. The van der Waals surface area contributed by atoms with Gasteiger partial charge in [-0.25, -0.2) is 0 Å². The Morgan fingerprint density at radius 2 is 2.25 bits per heavy atom. The Morgan fingerprint density at radius 1 is 1.50 bits per heavy atom. The Morgan fingerprint density at radius 3 is 2.81 bits per heavy atom. The predicted molar refractivity (Wildman–Crippen MR) is 62.9 cm³/mol. The summed E-state index contributed by atoms with van der Waals surface area (Å²) in [4.78, 5) is 11.7. The van der Waals surface area contributed by atoms with E-state index in [1.54, 1.807) is 12.5 Å². The summed E-state index contributed by atoms with van der Waals surface area (Å²) >= 11 is 0. The van der Waals surface area contributed by atoms with Crippen LogP contribution in [0.1, 0.15) is 32.8 Å². The van der Waals surface area contributed by atoms with Crippen molar-refractivity contribution < 1.29 is 9.21 Å². The van der Waals surface area contributed by atoms with Crippen molar-refractivity contribution in [1.82, 2.24) is 10.6 Å². The molecule has 0 aliphatic rings. The largest absolute Gasteiger partial charge is 0.472 e. The highest BCUT2D eigenvalue weighted by molar-refractivity contribution is 5.81. The maximum absolute atomic E-state index is 11.7. The van der Waals surface area contributed by atoms with Crippen LogP contribution in [0.5, 0.6) is 0 Å². The van der Waals surface area contributed by atoms with E-state index in [-0.39, 0.29) is 18.0 Å². The lowest BCUT2D eigenvalue weighted by Gasteiger charge is -2.17. The fourth-order valence-electron chi connectivity index (χ4n) is 1.23. The van der Waals surface area contributed by atoms with Gasteiger partial charge in [0.05, 0.1) is 18.6 Å².